The Kier molecular flexibility index (Phi) is 7.10. The van der Waals surface area contributed by atoms with Gasteiger partial charge in [-0.3, -0.25) is 9.59 Å². The number of benzene rings is 3. The van der Waals surface area contributed by atoms with Crippen LogP contribution in [0.1, 0.15) is 41.1 Å². The van der Waals surface area contributed by atoms with E-state index in [-0.39, 0.29) is 24.3 Å². The fourth-order valence-corrected chi connectivity index (χ4v) is 5.67. The molecule has 3 aromatic carbocycles. The molecule has 0 fully saturated rings. The molecule has 2 amide bonds. The normalized spacial score (nSPS) is 19.0. The highest BCUT2D eigenvalue weighted by atomic mass is 32.2. The Balaban J connectivity index is 1.34. The zero-order chi connectivity index (χ0) is 25.9. The van der Waals surface area contributed by atoms with E-state index in [0.717, 1.165) is 39.4 Å². The fraction of sp³-hybridized carbons (Fsp3) is 0.241. The van der Waals surface area contributed by atoms with Crippen molar-refractivity contribution in [3.8, 4) is 5.75 Å². The molecule has 2 aliphatic heterocycles. The molecule has 8 heteroatoms. The minimum Gasteiger partial charge on any atom is -0.497 e. The van der Waals surface area contributed by atoms with E-state index in [1.165, 1.54) is 11.8 Å². The van der Waals surface area contributed by atoms with Crippen LogP contribution >= 0.6 is 11.8 Å². The molecule has 0 aromatic heterocycles. The third-order valence-corrected chi connectivity index (χ3v) is 7.46. The van der Waals surface area contributed by atoms with Crippen LogP contribution in [0.25, 0.3) is 0 Å². The van der Waals surface area contributed by atoms with E-state index in [2.05, 4.69) is 22.4 Å². The Bertz CT molecular complexity index is 1370. The molecule has 2 aliphatic rings. The number of amides is 2. The standard InChI is InChI=1S/C29H28N4O3S/c1-18-13-19(2)15-22(14-18)30-27(34)17-26-28(35)31-29(37-26)33-25(21-7-5-4-6-8-21)16-24(32-33)20-9-11-23(36-3)12-10-20/h4-15,25-26H,16-17H2,1-3H3,(H,30,34). The zero-order valence-corrected chi connectivity index (χ0v) is 21.8. The maximum Gasteiger partial charge on any atom is 0.262 e. The van der Waals surface area contributed by atoms with Crippen molar-refractivity contribution in [1.29, 1.82) is 0 Å². The number of ether oxygens (including phenoxy) is 1. The second kappa shape index (κ2) is 10.6. The zero-order valence-electron chi connectivity index (χ0n) is 21.0. The lowest BCUT2D eigenvalue weighted by molar-refractivity contribution is -0.121. The van der Waals surface area contributed by atoms with Crippen molar-refractivity contribution in [3.63, 3.8) is 0 Å². The van der Waals surface area contributed by atoms with Crippen LogP contribution in [0, 0.1) is 13.8 Å². The number of aliphatic imine (C=N–C) groups is 1. The van der Waals surface area contributed by atoms with Gasteiger partial charge in [0, 0.05) is 18.5 Å². The first-order chi connectivity index (χ1) is 17.9. The van der Waals surface area contributed by atoms with Crippen LogP contribution in [0.4, 0.5) is 5.69 Å². The highest BCUT2D eigenvalue weighted by Crippen LogP contribution is 2.38. The van der Waals surface area contributed by atoms with Crippen molar-refractivity contribution in [2.75, 3.05) is 12.4 Å². The molecular formula is C29H28N4O3S. The number of carbonyl (C=O) groups excluding carboxylic acids is 2. The minimum atomic E-state index is -0.586. The Labute approximate surface area is 220 Å². The predicted octanol–water partition coefficient (Wildman–Crippen LogP) is 5.49. The minimum absolute atomic E-state index is 0.0440. The first-order valence-electron chi connectivity index (χ1n) is 12.1. The van der Waals surface area contributed by atoms with Gasteiger partial charge in [-0.15, -0.1) is 0 Å². The van der Waals surface area contributed by atoms with E-state index < -0.39 is 5.25 Å². The summed E-state index contributed by atoms with van der Waals surface area (Å²) in [6.45, 7) is 3.97. The van der Waals surface area contributed by atoms with Gasteiger partial charge in [0.2, 0.25) is 5.91 Å². The number of thioether (sulfide) groups is 1. The Morgan fingerprint density at radius 2 is 1.76 bits per heavy atom. The van der Waals surface area contributed by atoms with Gasteiger partial charge >= 0.3 is 0 Å². The summed E-state index contributed by atoms with van der Waals surface area (Å²) in [6.07, 6.45) is 0.713. The number of nitrogens with zero attached hydrogens (tertiary/aromatic N) is 3. The summed E-state index contributed by atoms with van der Waals surface area (Å²) in [5.74, 6) is 0.258. The van der Waals surface area contributed by atoms with Crippen molar-refractivity contribution < 1.29 is 14.3 Å². The van der Waals surface area contributed by atoms with E-state index in [4.69, 9.17) is 9.84 Å². The first kappa shape index (κ1) is 24.8. The number of amidine groups is 1. The van der Waals surface area contributed by atoms with Crippen LogP contribution in [0.5, 0.6) is 5.75 Å². The smallest absolute Gasteiger partial charge is 0.262 e. The van der Waals surface area contributed by atoms with Gasteiger partial charge in [-0.1, -0.05) is 48.2 Å². The lowest BCUT2D eigenvalue weighted by Gasteiger charge is -2.23. The summed E-state index contributed by atoms with van der Waals surface area (Å²) in [7, 11) is 1.64. The predicted molar refractivity (Wildman–Crippen MR) is 148 cm³/mol. The quantitative estimate of drug-likeness (QED) is 0.472. The third kappa shape index (κ3) is 5.59. The van der Waals surface area contributed by atoms with Crippen LogP contribution < -0.4 is 10.1 Å². The van der Waals surface area contributed by atoms with E-state index in [0.29, 0.717) is 11.6 Å². The lowest BCUT2D eigenvalue weighted by atomic mass is 9.98. The number of anilines is 1. The number of hydrogen-bond acceptors (Lipinski definition) is 6. The highest BCUT2D eigenvalue weighted by molar-refractivity contribution is 8.15. The molecule has 3 aromatic rings. The topological polar surface area (TPSA) is 83.4 Å². The van der Waals surface area contributed by atoms with Crippen molar-refractivity contribution >= 4 is 40.1 Å². The fourth-order valence-electron chi connectivity index (χ4n) is 4.61. The van der Waals surface area contributed by atoms with Gasteiger partial charge in [0.05, 0.1) is 18.9 Å². The van der Waals surface area contributed by atoms with Gasteiger partial charge < -0.3 is 10.1 Å². The maximum absolute atomic E-state index is 12.8. The van der Waals surface area contributed by atoms with E-state index in [1.54, 1.807) is 7.11 Å². The second-order valence-electron chi connectivity index (χ2n) is 9.22. The summed E-state index contributed by atoms with van der Waals surface area (Å²) in [5.41, 5.74) is 5.85. The van der Waals surface area contributed by atoms with Gasteiger partial charge in [-0.05, 0) is 72.5 Å². The molecule has 2 atom stereocenters. The number of hydrazone groups is 1. The van der Waals surface area contributed by atoms with E-state index >= 15 is 0 Å². The summed E-state index contributed by atoms with van der Waals surface area (Å²) >= 11 is 1.30. The van der Waals surface area contributed by atoms with Crippen LogP contribution in [0.2, 0.25) is 0 Å². The molecular weight excluding hydrogens is 484 g/mol. The number of methoxy groups -OCH3 is 1. The van der Waals surface area contributed by atoms with Crippen LogP contribution in [-0.2, 0) is 9.59 Å². The Hall–Kier alpha value is -3.91. The van der Waals surface area contributed by atoms with Crippen molar-refractivity contribution in [1.82, 2.24) is 5.01 Å². The Morgan fingerprint density at radius 1 is 1.05 bits per heavy atom. The van der Waals surface area contributed by atoms with Gasteiger partial charge in [-0.25, -0.2) is 5.01 Å². The number of nitrogens with one attached hydrogen (secondary N) is 1. The molecule has 1 N–H and O–H groups in total. The maximum atomic E-state index is 12.8. The van der Waals surface area contributed by atoms with Crippen molar-refractivity contribution in [2.24, 2.45) is 10.1 Å². The monoisotopic (exact) mass is 512 g/mol. The summed E-state index contributed by atoms with van der Waals surface area (Å²) in [6, 6.07) is 23.7. The van der Waals surface area contributed by atoms with Gasteiger partial charge in [0.1, 0.15) is 11.0 Å². The average molecular weight is 513 g/mol. The largest absolute Gasteiger partial charge is 0.497 e. The number of carbonyl (C=O) groups is 2. The van der Waals surface area contributed by atoms with Crippen LogP contribution in [-0.4, -0.2) is 40.1 Å². The third-order valence-electron chi connectivity index (χ3n) is 6.32. The molecule has 0 saturated carbocycles. The molecule has 5 rings (SSSR count). The highest BCUT2D eigenvalue weighted by Gasteiger charge is 2.39. The molecule has 188 valence electrons. The average Bonchev–Trinajstić information content (AvgIpc) is 3.48. The molecule has 0 saturated heterocycles. The van der Waals surface area contributed by atoms with Crippen molar-refractivity contribution in [2.45, 2.75) is 38.0 Å². The SMILES string of the molecule is COc1ccc(C2=NN(C3=NC(=O)C(CC(=O)Nc4cc(C)cc(C)c4)S3)C(c3ccccc3)C2)cc1. The van der Waals surface area contributed by atoms with Crippen LogP contribution in [0.15, 0.2) is 82.9 Å². The van der Waals surface area contributed by atoms with E-state index in [1.807, 2.05) is 79.5 Å². The second-order valence-corrected chi connectivity index (χ2v) is 10.4. The molecule has 2 heterocycles. The molecule has 7 nitrogen and oxygen atoms in total. The summed E-state index contributed by atoms with van der Waals surface area (Å²) in [4.78, 5) is 29.9. The number of aryl methyl sites for hydroxylation is 2. The molecule has 2 unspecified atom stereocenters. The molecule has 0 aliphatic carbocycles. The van der Waals surface area contributed by atoms with Gasteiger partial charge in [0.15, 0.2) is 5.17 Å². The molecule has 37 heavy (non-hydrogen) atoms. The molecule has 0 bridgehead atoms. The van der Waals surface area contributed by atoms with Crippen LogP contribution in [0.3, 0.4) is 0 Å². The summed E-state index contributed by atoms with van der Waals surface area (Å²) < 4.78 is 5.29. The summed E-state index contributed by atoms with van der Waals surface area (Å²) in [5, 5.41) is 9.58. The number of hydrogen-bond donors (Lipinski definition) is 1. The molecule has 0 spiro atoms. The van der Waals surface area contributed by atoms with Gasteiger partial charge in [0.25, 0.3) is 5.91 Å². The Morgan fingerprint density at radius 3 is 2.43 bits per heavy atom. The van der Waals surface area contributed by atoms with Crippen molar-refractivity contribution in [3.05, 3.63) is 95.1 Å². The lowest BCUT2D eigenvalue weighted by Crippen LogP contribution is -2.25. The first-order valence-corrected chi connectivity index (χ1v) is 13.0. The van der Waals surface area contributed by atoms with Gasteiger partial charge in [-0.2, -0.15) is 10.1 Å². The molecule has 0 radical (unpaired) electrons. The number of rotatable bonds is 6. The van der Waals surface area contributed by atoms with E-state index in [9.17, 15) is 9.59 Å².